The standard InChI is InChI=1S/C26H26N6O2/c1-16-8-10-32-22(14-28-24(32)11-16)19-5-6-21(25-20(19)13-29-26(25)34)30-23-7-4-17(12-27-23)31-9-2-3-18(33)15-31/h4-8,10-12,14,18,33H,2-3,9,13,15H2,1H3,(H,27,30)(H,29,34)/t18-/m0/s1. The van der Waals surface area contributed by atoms with Crippen LogP contribution in [0.3, 0.4) is 0 Å². The van der Waals surface area contributed by atoms with Crippen LogP contribution in [0.2, 0.25) is 0 Å². The van der Waals surface area contributed by atoms with E-state index in [2.05, 4.69) is 36.0 Å². The van der Waals surface area contributed by atoms with Crippen LogP contribution in [-0.4, -0.2) is 44.6 Å². The summed E-state index contributed by atoms with van der Waals surface area (Å²) in [5.74, 6) is 0.573. The number of carbonyl (C=O) groups excluding carboxylic acids is 1. The van der Waals surface area contributed by atoms with E-state index in [1.807, 2.05) is 55.8 Å². The molecule has 1 saturated heterocycles. The molecule has 1 amide bonds. The van der Waals surface area contributed by atoms with Gasteiger partial charge in [-0.1, -0.05) is 6.07 Å². The Balaban J connectivity index is 1.32. The first-order valence-corrected chi connectivity index (χ1v) is 11.6. The quantitative estimate of drug-likeness (QED) is 0.436. The molecule has 6 rings (SSSR count). The van der Waals surface area contributed by atoms with Crippen molar-refractivity contribution in [3.8, 4) is 11.3 Å². The van der Waals surface area contributed by atoms with Crippen molar-refractivity contribution >= 4 is 28.7 Å². The van der Waals surface area contributed by atoms with Gasteiger partial charge in [0.2, 0.25) is 0 Å². The van der Waals surface area contributed by atoms with Gasteiger partial charge in [-0.05, 0) is 61.2 Å². The van der Waals surface area contributed by atoms with Gasteiger partial charge in [-0.2, -0.15) is 0 Å². The van der Waals surface area contributed by atoms with Crippen molar-refractivity contribution < 1.29 is 9.90 Å². The van der Waals surface area contributed by atoms with Crippen LogP contribution in [0.5, 0.6) is 0 Å². The van der Waals surface area contributed by atoms with Crippen LogP contribution < -0.4 is 15.5 Å². The molecular weight excluding hydrogens is 428 g/mol. The van der Waals surface area contributed by atoms with Crippen LogP contribution in [0.15, 0.2) is 55.0 Å². The lowest BCUT2D eigenvalue weighted by Crippen LogP contribution is -2.38. The number of aryl methyl sites for hydroxylation is 1. The Morgan fingerprint density at radius 2 is 2.06 bits per heavy atom. The van der Waals surface area contributed by atoms with E-state index in [0.717, 1.165) is 58.8 Å². The van der Waals surface area contributed by atoms with Crippen LogP contribution >= 0.6 is 0 Å². The number of rotatable bonds is 4. The fourth-order valence-electron chi connectivity index (χ4n) is 4.95. The molecule has 1 aromatic carbocycles. The molecule has 3 N–H and O–H groups in total. The van der Waals surface area contributed by atoms with E-state index < -0.39 is 0 Å². The molecular formula is C26H26N6O2. The van der Waals surface area contributed by atoms with Crippen molar-refractivity contribution in [3.05, 3.63) is 71.7 Å². The Hall–Kier alpha value is -3.91. The number of β-amino-alcohol motifs (C(OH)–C–C–N with tert-alkyl or cyclic N) is 1. The number of carbonyl (C=O) groups is 1. The van der Waals surface area contributed by atoms with E-state index in [0.29, 0.717) is 24.5 Å². The second-order valence-corrected chi connectivity index (χ2v) is 9.04. The maximum absolute atomic E-state index is 12.8. The number of piperidine rings is 1. The summed E-state index contributed by atoms with van der Waals surface area (Å²) < 4.78 is 2.05. The first kappa shape index (κ1) is 20.7. The second-order valence-electron chi connectivity index (χ2n) is 9.04. The number of hydrogen-bond acceptors (Lipinski definition) is 6. The Labute approximate surface area is 197 Å². The zero-order valence-electron chi connectivity index (χ0n) is 19.0. The van der Waals surface area contributed by atoms with Crippen molar-refractivity contribution in [1.82, 2.24) is 19.7 Å². The number of pyridine rings is 2. The van der Waals surface area contributed by atoms with E-state index in [1.165, 1.54) is 0 Å². The van der Waals surface area contributed by atoms with Crippen LogP contribution in [0.1, 0.15) is 34.3 Å². The van der Waals surface area contributed by atoms with Gasteiger partial charge in [-0.25, -0.2) is 9.97 Å². The zero-order valence-corrected chi connectivity index (χ0v) is 19.0. The number of hydrogen-bond donors (Lipinski definition) is 3. The first-order chi connectivity index (χ1) is 16.6. The molecule has 2 aliphatic rings. The first-order valence-electron chi connectivity index (χ1n) is 11.6. The smallest absolute Gasteiger partial charge is 0.254 e. The number of fused-ring (bicyclic) bond motifs is 2. The molecule has 4 aromatic rings. The lowest BCUT2D eigenvalue weighted by atomic mass is 9.99. The van der Waals surface area contributed by atoms with Gasteiger partial charge in [-0.15, -0.1) is 0 Å². The number of aliphatic hydroxyl groups is 1. The summed E-state index contributed by atoms with van der Waals surface area (Å²) >= 11 is 0. The highest BCUT2D eigenvalue weighted by atomic mass is 16.3. The number of imidazole rings is 1. The molecule has 0 radical (unpaired) electrons. The van der Waals surface area contributed by atoms with Crippen molar-refractivity contribution in [2.24, 2.45) is 0 Å². The van der Waals surface area contributed by atoms with Crippen LogP contribution in [0.25, 0.3) is 16.9 Å². The number of anilines is 3. The van der Waals surface area contributed by atoms with E-state index in [9.17, 15) is 9.90 Å². The number of aromatic nitrogens is 3. The molecule has 1 fully saturated rings. The van der Waals surface area contributed by atoms with Crippen molar-refractivity contribution in [3.63, 3.8) is 0 Å². The van der Waals surface area contributed by atoms with Gasteiger partial charge in [-0.3, -0.25) is 9.20 Å². The highest BCUT2D eigenvalue weighted by Crippen LogP contribution is 2.35. The topological polar surface area (TPSA) is 94.8 Å². The number of amides is 1. The summed E-state index contributed by atoms with van der Waals surface area (Å²) in [6, 6.07) is 12.0. The Bertz CT molecular complexity index is 1390. The van der Waals surface area contributed by atoms with Gasteiger partial charge < -0.3 is 20.6 Å². The number of nitrogens with zero attached hydrogens (tertiary/aromatic N) is 4. The molecule has 0 unspecified atom stereocenters. The number of nitrogens with one attached hydrogen (secondary N) is 2. The lowest BCUT2D eigenvalue weighted by Gasteiger charge is -2.31. The molecule has 8 nitrogen and oxygen atoms in total. The minimum absolute atomic E-state index is 0.0945. The average Bonchev–Trinajstić information content (AvgIpc) is 3.44. The molecule has 2 aliphatic heterocycles. The Morgan fingerprint density at radius 3 is 2.88 bits per heavy atom. The Kier molecular flexibility index (Phi) is 4.95. The summed E-state index contributed by atoms with van der Waals surface area (Å²) in [6.07, 6.45) is 7.22. The van der Waals surface area contributed by atoms with Crippen molar-refractivity contribution in [2.75, 3.05) is 23.3 Å². The third-order valence-electron chi connectivity index (χ3n) is 6.68. The van der Waals surface area contributed by atoms with Gasteiger partial charge >= 0.3 is 0 Å². The SMILES string of the molecule is Cc1ccn2c(-c3ccc(Nc4ccc(N5CCC[C@H](O)C5)cn4)c4c3CNC4=O)cnc2c1. The highest BCUT2D eigenvalue weighted by molar-refractivity contribution is 6.06. The molecule has 0 aliphatic carbocycles. The van der Waals surface area contributed by atoms with Crippen molar-refractivity contribution in [2.45, 2.75) is 32.4 Å². The third-order valence-corrected chi connectivity index (χ3v) is 6.68. The van der Waals surface area contributed by atoms with Gasteiger partial charge in [0.05, 0.1) is 41.1 Å². The minimum Gasteiger partial charge on any atom is -0.391 e. The van der Waals surface area contributed by atoms with Crippen molar-refractivity contribution in [1.29, 1.82) is 0 Å². The molecule has 3 aromatic heterocycles. The largest absolute Gasteiger partial charge is 0.391 e. The summed E-state index contributed by atoms with van der Waals surface area (Å²) in [5, 5.41) is 16.2. The molecule has 0 saturated carbocycles. The predicted molar refractivity (Wildman–Crippen MR) is 132 cm³/mol. The average molecular weight is 455 g/mol. The minimum atomic E-state index is -0.289. The zero-order chi connectivity index (χ0) is 23.2. The van der Waals surface area contributed by atoms with Crippen LogP contribution in [-0.2, 0) is 6.54 Å². The maximum Gasteiger partial charge on any atom is 0.254 e. The summed E-state index contributed by atoms with van der Waals surface area (Å²) in [7, 11) is 0. The normalized spacial score (nSPS) is 17.6. The van der Waals surface area contributed by atoms with Gasteiger partial charge in [0.15, 0.2) is 0 Å². The Morgan fingerprint density at radius 1 is 1.15 bits per heavy atom. The number of aliphatic hydroxyl groups excluding tert-OH is 1. The summed E-state index contributed by atoms with van der Waals surface area (Å²) in [6.45, 7) is 4.07. The van der Waals surface area contributed by atoms with E-state index in [4.69, 9.17) is 0 Å². The van der Waals surface area contributed by atoms with E-state index in [-0.39, 0.29) is 12.0 Å². The van der Waals surface area contributed by atoms with Crippen LogP contribution in [0.4, 0.5) is 17.2 Å². The predicted octanol–water partition coefficient (Wildman–Crippen LogP) is 3.65. The molecule has 34 heavy (non-hydrogen) atoms. The monoisotopic (exact) mass is 454 g/mol. The fourth-order valence-corrected chi connectivity index (χ4v) is 4.95. The van der Waals surface area contributed by atoms with Gasteiger partial charge in [0.1, 0.15) is 11.5 Å². The molecule has 1 atom stereocenters. The highest BCUT2D eigenvalue weighted by Gasteiger charge is 2.27. The molecule has 8 heteroatoms. The number of benzene rings is 1. The van der Waals surface area contributed by atoms with E-state index in [1.54, 1.807) is 0 Å². The van der Waals surface area contributed by atoms with Gasteiger partial charge in [0, 0.05) is 31.4 Å². The molecule has 172 valence electrons. The molecule has 0 spiro atoms. The molecule has 0 bridgehead atoms. The second kappa shape index (κ2) is 8.14. The fraction of sp³-hybridized carbons (Fsp3) is 0.269. The summed E-state index contributed by atoms with van der Waals surface area (Å²) in [5.41, 5.74) is 7.30. The molecule has 5 heterocycles. The van der Waals surface area contributed by atoms with Crippen LogP contribution in [0, 0.1) is 6.92 Å². The summed E-state index contributed by atoms with van der Waals surface area (Å²) in [4.78, 5) is 24.0. The van der Waals surface area contributed by atoms with Gasteiger partial charge in [0.25, 0.3) is 5.91 Å². The maximum atomic E-state index is 12.8. The third kappa shape index (κ3) is 3.56. The lowest BCUT2D eigenvalue weighted by molar-refractivity contribution is 0.0966. The van der Waals surface area contributed by atoms with E-state index >= 15 is 0 Å².